The van der Waals surface area contributed by atoms with Crippen molar-refractivity contribution in [1.82, 2.24) is 0 Å². The van der Waals surface area contributed by atoms with E-state index in [0.717, 1.165) is 0 Å². The lowest BCUT2D eigenvalue weighted by atomic mass is 9.88. The average molecular weight is 261 g/mol. The number of nitrogens with one attached hydrogen (secondary N) is 1. The molecule has 1 N–H and O–H groups in total. The van der Waals surface area contributed by atoms with Gasteiger partial charge >= 0.3 is 0 Å². The van der Waals surface area contributed by atoms with Crippen LogP contribution in [0.5, 0.6) is 0 Å². The minimum absolute atomic E-state index is 0.255. The summed E-state index contributed by atoms with van der Waals surface area (Å²) in [5.74, 6) is 0. The lowest BCUT2D eigenvalue weighted by Gasteiger charge is -2.32. The van der Waals surface area contributed by atoms with Crippen molar-refractivity contribution < 1.29 is 0 Å². The van der Waals surface area contributed by atoms with Crippen LogP contribution in [0, 0.1) is 0 Å². The quantitative estimate of drug-likeness (QED) is 0.508. The second kappa shape index (κ2) is 9.01. The normalized spacial score (nSPS) is 14.1. The van der Waals surface area contributed by atoms with E-state index in [9.17, 15) is 0 Å². The van der Waals surface area contributed by atoms with E-state index in [0.29, 0.717) is 0 Å². The summed E-state index contributed by atoms with van der Waals surface area (Å²) < 4.78 is 0. The monoisotopic (exact) mass is 261 g/mol. The third-order valence-electron chi connectivity index (χ3n) is 3.88. The standard InChI is InChI=1S/C18H31N/c1-4-6-8-12-16-18(3,15-7-5-2)19-17-13-10-9-11-14-17/h9-11,13-14,19H,4-8,12,15-16H2,1-3H3. The van der Waals surface area contributed by atoms with Gasteiger partial charge in [-0.25, -0.2) is 0 Å². The molecule has 0 aromatic heterocycles. The fourth-order valence-electron chi connectivity index (χ4n) is 2.63. The predicted octanol–water partition coefficient (Wildman–Crippen LogP) is 6.02. The zero-order chi connectivity index (χ0) is 14.0. The molecule has 19 heavy (non-hydrogen) atoms. The molecule has 1 nitrogen and oxygen atoms in total. The Labute approximate surface area is 119 Å². The molecule has 1 unspecified atom stereocenters. The zero-order valence-electron chi connectivity index (χ0n) is 13.0. The summed E-state index contributed by atoms with van der Waals surface area (Å²) in [6.45, 7) is 6.94. The Balaban J connectivity index is 2.53. The average Bonchev–Trinajstić information content (AvgIpc) is 2.43. The zero-order valence-corrected chi connectivity index (χ0v) is 13.0. The van der Waals surface area contributed by atoms with Crippen molar-refractivity contribution in [3.8, 4) is 0 Å². The van der Waals surface area contributed by atoms with Gasteiger partial charge in [-0.1, -0.05) is 70.6 Å². The Kier molecular flexibility index (Phi) is 7.62. The minimum atomic E-state index is 0.255. The molecular weight excluding hydrogens is 230 g/mol. The largest absolute Gasteiger partial charge is 0.380 e. The van der Waals surface area contributed by atoms with E-state index < -0.39 is 0 Å². The second-order valence-corrected chi connectivity index (χ2v) is 5.97. The number of unbranched alkanes of at least 4 members (excludes halogenated alkanes) is 4. The first kappa shape index (κ1) is 16.1. The molecule has 0 fully saturated rings. The highest BCUT2D eigenvalue weighted by Gasteiger charge is 2.22. The number of hydrogen-bond acceptors (Lipinski definition) is 1. The number of para-hydroxylation sites is 1. The first-order valence-electron chi connectivity index (χ1n) is 8.03. The molecule has 1 aromatic carbocycles. The fourth-order valence-corrected chi connectivity index (χ4v) is 2.63. The van der Waals surface area contributed by atoms with Crippen molar-refractivity contribution in [3.05, 3.63) is 30.3 Å². The molecule has 1 atom stereocenters. The van der Waals surface area contributed by atoms with Crippen molar-refractivity contribution in [2.75, 3.05) is 5.32 Å². The van der Waals surface area contributed by atoms with Crippen LogP contribution in [0.2, 0.25) is 0 Å². The molecule has 0 saturated heterocycles. The summed E-state index contributed by atoms with van der Waals surface area (Å²) in [7, 11) is 0. The van der Waals surface area contributed by atoms with Crippen molar-refractivity contribution in [3.63, 3.8) is 0 Å². The van der Waals surface area contributed by atoms with Gasteiger partial charge in [0.1, 0.15) is 0 Å². The van der Waals surface area contributed by atoms with Gasteiger partial charge in [-0.2, -0.15) is 0 Å². The van der Waals surface area contributed by atoms with Gasteiger partial charge in [0.2, 0.25) is 0 Å². The Morgan fingerprint density at radius 1 is 0.842 bits per heavy atom. The van der Waals surface area contributed by atoms with E-state index in [2.05, 4.69) is 56.4 Å². The Hall–Kier alpha value is -0.980. The molecule has 0 spiro atoms. The van der Waals surface area contributed by atoms with Crippen LogP contribution in [-0.2, 0) is 0 Å². The first-order chi connectivity index (χ1) is 9.20. The van der Waals surface area contributed by atoms with E-state index in [4.69, 9.17) is 0 Å². The maximum absolute atomic E-state index is 3.77. The van der Waals surface area contributed by atoms with Crippen LogP contribution < -0.4 is 5.32 Å². The van der Waals surface area contributed by atoms with Crippen LogP contribution in [0.3, 0.4) is 0 Å². The van der Waals surface area contributed by atoms with Crippen molar-refractivity contribution in [1.29, 1.82) is 0 Å². The van der Waals surface area contributed by atoms with Crippen LogP contribution in [-0.4, -0.2) is 5.54 Å². The van der Waals surface area contributed by atoms with Crippen LogP contribution in [0.25, 0.3) is 0 Å². The minimum Gasteiger partial charge on any atom is -0.380 e. The van der Waals surface area contributed by atoms with Crippen molar-refractivity contribution in [2.24, 2.45) is 0 Å². The fraction of sp³-hybridized carbons (Fsp3) is 0.667. The summed E-state index contributed by atoms with van der Waals surface area (Å²) in [4.78, 5) is 0. The summed E-state index contributed by atoms with van der Waals surface area (Å²) in [5, 5.41) is 3.77. The summed E-state index contributed by atoms with van der Waals surface area (Å²) in [6.07, 6.45) is 10.5. The first-order valence-corrected chi connectivity index (χ1v) is 8.03. The van der Waals surface area contributed by atoms with Gasteiger partial charge in [0.05, 0.1) is 0 Å². The second-order valence-electron chi connectivity index (χ2n) is 5.97. The molecular formula is C18H31N. The van der Waals surface area contributed by atoms with Crippen molar-refractivity contribution >= 4 is 5.69 Å². The molecule has 0 bridgehead atoms. The van der Waals surface area contributed by atoms with Crippen molar-refractivity contribution in [2.45, 2.75) is 77.7 Å². The lowest BCUT2D eigenvalue weighted by Crippen LogP contribution is -2.34. The van der Waals surface area contributed by atoms with E-state index in [-0.39, 0.29) is 5.54 Å². The van der Waals surface area contributed by atoms with Crippen LogP contribution in [0.15, 0.2) is 30.3 Å². The van der Waals surface area contributed by atoms with Crippen LogP contribution >= 0.6 is 0 Å². The van der Waals surface area contributed by atoms with E-state index >= 15 is 0 Å². The molecule has 108 valence electrons. The van der Waals surface area contributed by atoms with E-state index in [1.807, 2.05) is 0 Å². The van der Waals surface area contributed by atoms with Gasteiger partial charge in [0.25, 0.3) is 0 Å². The van der Waals surface area contributed by atoms with Crippen LogP contribution in [0.1, 0.15) is 72.1 Å². The Bertz CT molecular complexity index is 320. The van der Waals surface area contributed by atoms with Gasteiger partial charge in [-0.15, -0.1) is 0 Å². The molecule has 0 aliphatic carbocycles. The topological polar surface area (TPSA) is 12.0 Å². The van der Waals surface area contributed by atoms with Crippen LogP contribution in [0.4, 0.5) is 5.69 Å². The third-order valence-corrected chi connectivity index (χ3v) is 3.88. The molecule has 0 saturated carbocycles. The third kappa shape index (κ3) is 6.66. The SMILES string of the molecule is CCCCCCC(C)(CCCC)Nc1ccccc1. The molecule has 0 amide bonds. The summed E-state index contributed by atoms with van der Waals surface area (Å²) in [5.41, 5.74) is 1.52. The molecule has 1 aromatic rings. The number of hydrogen-bond donors (Lipinski definition) is 1. The Morgan fingerprint density at radius 2 is 1.47 bits per heavy atom. The smallest absolute Gasteiger partial charge is 0.0345 e. The number of rotatable bonds is 10. The van der Waals surface area contributed by atoms with Gasteiger partial charge in [-0.05, 0) is 31.9 Å². The molecule has 1 heteroatoms. The van der Waals surface area contributed by atoms with Gasteiger partial charge in [-0.3, -0.25) is 0 Å². The Morgan fingerprint density at radius 3 is 2.11 bits per heavy atom. The predicted molar refractivity (Wildman–Crippen MR) is 86.8 cm³/mol. The van der Waals surface area contributed by atoms with Gasteiger partial charge < -0.3 is 5.32 Å². The highest BCUT2D eigenvalue weighted by molar-refractivity contribution is 5.44. The van der Waals surface area contributed by atoms with E-state index in [1.54, 1.807) is 0 Å². The molecule has 0 radical (unpaired) electrons. The maximum atomic E-state index is 3.77. The number of benzene rings is 1. The van der Waals surface area contributed by atoms with Gasteiger partial charge in [0, 0.05) is 11.2 Å². The highest BCUT2D eigenvalue weighted by Crippen LogP contribution is 2.26. The molecule has 0 aliphatic rings. The summed E-state index contributed by atoms with van der Waals surface area (Å²) >= 11 is 0. The molecule has 1 rings (SSSR count). The van der Waals surface area contributed by atoms with Gasteiger partial charge in [0.15, 0.2) is 0 Å². The summed E-state index contributed by atoms with van der Waals surface area (Å²) in [6, 6.07) is 10.7. The highest BCUT2D eigenvalue weighted by atomic mass is 15.0. The maximum Gasteiger partial charge on any atom is 0.0345 e. The lowest BCUT2D eigenvalue weighted by molar-refractivity contribution is 0.401. The molecule has 0 aliphatic heterocycles. The van der Waals surface area contributed by atoms with E-state index in [1.165, 1.54) is 57.1 Å². The molecule has 0 heterocycles. The number of anilines is 1.